The van der Waals surface area contributed by atoms with E-state index in [1.54, 1.807) is 16.8 Å². The molecule has 0 bridgehead atoms. The Morgan fingerprint density at radius 3 is 2.55 bits per heavy atom. The second-order valence-electron chi connectivity index (χ2n) is 4.99. The molecule has 0 aliphatic carbocycles. The Bertz CT molecular complexity index is 724. The highest BCUT2D eigenvalue weighted by Gasteiger charge is 2.40. The maximum atomic E-state index is 12.7. The fourth-order valence-corrected chi connectivity index (χ4v) is 3.87. The molecule has 2 aliphatic heterocycles. The molecule has 0 radical (unpaired) electrons. The molecule has 0 spiro atoms. The highest BCUT2D eigenvalue weighted by molar-refractivity contribution is 8.18. The van der Waals surface area contributed by atoms with Crippen molar-refractivity contribution in [3.63, 3.8) is 0 Å². The predicted octanol–water partition coefficient (Wildman–Crippen LogP) is 2.35. The van der Waals surface area contributed by atoms with Gasteiger partial charge in [-0.1, -0.05) is 18.2 Å². The summed E-state index contributed by atoms with van der Waals surface area (Å²) in [5.41, 5.74) is 2.15. The number of aliphatic imine (C=N–C) groups is 1. The van der Waals surface area contributed by atoms with Crippen LogP contribution in [0.4, 0.5) is 5.69 Å². The minimum absolute atomic E-state index is 0.131. The Morgan fingerprint density at radius 1 is 1.14 bits per heavy atom. The fraction of sp³-hybridized carbons (Fsp3) is 0.312. The number of carbonyl (C=O) groups excluding carboxylic acids is 2. The zero-order valence-corrected chi connectivity index (χ0v) is 13.6. The van der Waals surface area contributed by atoms with Gasteiger partial charge in [0.2, 0.25) is 0 Å². The minimum Gasteiger partial charge on any atom is -0.311 e. The number of carbonyl (C=O) groups is 2. The number of hydrogen-bond donors (Lipinski definition) is 0. The standard InChI is InChI=1S/C16H17N3O2S/c1-4-17-16-19(5-2)15(21)13(22-16)12-10-8-6-7-9-11(10)18(3)14(12)20/h6-9H,4-5H2,1-3H3. The van der Waals surface area contributed by atoms with Crippen LogP contribution in [0, 0.1) is 0 Å². The van der Waals surface area contributed by atoms with Crippen LogP contribution in [0.15, 0.2) is 34.2 Å². The first-order valence-corrected chi connectivity index (χ1v) is 8.07. The van der Waals surface area contributed by atoms with E-state index in [1.807, 2.05) is 38.1 Å². The molecule has 2 amide bonds. The van der Waals surface area contributed by atoms with Crippen LogP contribution in [0.25, 0.3) is 5.57 Å². The second kappa shape index (κ2) is 5.61. The van der Waals surface area contributed by atoms with Crippen molar-refractivity contribution in [1.82, 2.24) is 4.90 Å². The number of hydrogen-bond acceptors (Lipinski definition) is 4. The van der Waals surface area contributed by atoms with Crippen molar-refractivity contribution in [1.29, 1.82) is 0 Å². The summed E-state index contributed by atoms with van der Waals surface area (Å²) in [5, 5.41) is 0.678. The molecular weight excluding hydrogens is 298 g/mol. The van der Waals surface area contributed by atoms with Crippen molar-refractivity contribution in [3.05, 3.63) is 34.7 Å². The molecule has 3 rings (SSSR count). The molecule has 114 valence electrons. The van der Waals surface area contributed by atoms with Crippen LogP contribution >= 0.6 is 11.8 Å². The molecule has 1 aromatic rings. The Morgan fingerprint density at radius 2 is 1.86 bits per heavy atom. The van der Waals surface area contributed by atoms with Gasteiger partial charge in [0.05, 0.1) is 16.2 Å². The van der Waals surface area contributed by atoms with Gasteiger partial charge in [0.25, 0.3) is 11.8 Å². The quantitative estimate of drug-likeness (QED) is 0.787. The number of amides is 2. The van der Waals surface area contributed by atoms with Gasteiger partial charge in [-0.3, -0.25) is 19.5 Å². The zero-order valence-electron chi connectivity index (χ0n) is 12.8. The molecule has 1 saturated heterocycles. The highest BCUT2D eigenvalue weighted by atomic mass is 32.2. The Kier molecular flexibility index (Phi) is 3.78. The lowest BCUT2D eigenvalue weighted by atomic mass is 10.1. The van der Waals surface area contributed by atoms with Crippen LogP contribution in [0.3, 0.4) is 0 Å². The van der Waals surface area contributed by atoms with Crippen LogP contribution in [-0.2, 0) is 9.59 Å². The number of nitrogens with zero attached hydrogens (tertiary/aromatic N) is 3. The van der Waals surface area contributed by atoms with Gasteiger partial charge in [0.15, 0.2) is 5.17 Å². The molecule has 0 unspecified atom stereocenters. The van der Waals surface area contributed by atoms with Gasteiger partial charge in [-0.2, -0.15) is 0 Å². The van der Waals surface area contributed by atoms with Crippen LogP contribution < -0.4 is 4.90 Å². The number of benzene rings is 1. The van der Waals surface area contributed by atoms with Gasteiger partial charge in [-0.25, -0.2) is 0 Å². The van der Waals surface area contributed by atoms with Crippen molar-refractivity contribution < 1.29 is 9.59 Å². The number of amidine groups is 1. The van der Waals surface area contributed by atoms with E-state index in [0.717, 1.165) is 11.3 Å². The monoisotopic (exact) mass is 315 g/mol. The Balaban J connectivity index is 2.17. The number of anilines is 1. The second-order valence-corrected chi connectivity index (χ2v) is 5.97. The van der Waals surface area contributed by atoms with Gasteiger partial charge in [0, 0.05) is 25.7 Å². The summed E-state index contributed by atoms with van der Waals surface area (Å²) < 4.78 is 0. The number of thioether (sulfide) groups is 1. The predicted molar refractivity (Wildman–Crippen MR) is 89.7 cm³/mol. The first-order valence-electron chi connectivity index (χ1n) is 7.26. The van der Waals surface area contributed by atoms with Gasteiger partial charge < -0.3 is 4.90 Å². The molecule has 1 fully saturated rings. The van der Waals surface area contributed by atoms with Crippen LogP contribution in [0.2, 0.25) is 0 Å². The number of fused-ring (bicyclic) bond motifs is 1. The fourth-order valence-electron chi connectivity index (χ4n) is 2.68. The molecule has 0 atom stereocenters. The van der Waals surface area contributed by atoms with E-state index < -0.39 is 0 Å². The molecule has 2 aliphatic rings. The minimum atomic E-state index is -0.133. The molecular formula is C16H17N3O2S. The number of likely N-dealkylation sites (N-methyl/N-ethyl adjacent to an activating group) is 2. The van der Waals surface area contributed by atoms with Gasteiger partial charge in [-0.05, 0) is 31.7 Å². The topological polar surface area (TPSA) is 53.0 Å². The average Bonchev–Trinajstić information content (AvgIpc) is 2.96. The third-order valence-electron chi connectivity index (χ3n) is 3.75. The van der Waals surface area contributed by atoms with Crippen molar-refractivity contribution in [2.45, 2.75) is 13.8 Å². The van der Waals surface area contributed by atoms with Gasteiger partial charge in [-0.15, -0.1) is 0 Å². The van der Waals surface area contributed by atoms with E-state index in [4.69, 9.17) is 0 Å². The number of rotatable bonds is 2. The summed E-state index contributed by atoms with van der Waals surface area (Å²) in [6.07, 6.45) is 0. The summed E-state index contributed by atoms with van der Waals surface area (Å²) in [4.78, 5) is 33.3. The lowest BCUT2D eigenvalue weighted by Gasteiger charge is -2.11. The van der Waals surface area contributed by atoms with Crippen molar-refractivity contribution in [2.75, 3.05) is 25.0 Å². The largest absolute Gasteiger partial charge is 0.311 e. The Hall–Kier alpha value is -2.08. The van der Waals surface area contributed by atoms with E-state index in [2.05, 4.69) is 4.99 Å². The lowest BCUT2D eigenvalue weighted by Crippen LogP contribution is -2.29. The molecule has 6 heteroatoms. The summed E-state index contributed by atoms with van der Waals surface area (Å²) in [6, 6.07) is 7.55. The smallest absolute Gasteiger partial charge is 0.267 e. The average molecular weight is 315 g/mol. The van der Waals surface area contributed by atoms with E-state index in [1.165, 1.54) is 11.8 Å². The van der Waals surface area contributed by atoms with E-state index in [-0.39, 0.29) is 11.8 Å². The van der Waals surface area contributed by atoms with Gasteiger partial charge >= 0.3 is 0 Å². The first kappa shape index (κ1) is 14.8. The van der Waals surface area contributed by atoms with E-state index >= 15 is 0 Å². The van der Waals surface area contributed by atoms with Crippen molar-refractivity contribution in [3.8, 4) is 0 Å². The van der Waals surface area contributed by atoms with E-state index in [0.29, 0.717) is 28.7 Å². The summed E-state index contributed by atoms with van der Waals surface area (Å²) in [7, 11) is 1.73. The number of para-hydroxylation sites is 1. The summed E-state index contributed by atoms with van der Waals surface area (Å²) >= 11 is 1.30. The zero-order chi connectivity index (χ0) is 15.9. The summed E-state index contributed by atoms with van der Waals surface area (Å²) in [6.45, 7) is 5.00. The van der Waals surface area contributed by atoms with Gasteiger partial charge in [0.1, 0.15) is 0 Å². The van der Waals surface area contributed by atoms with Crippen molar-refractivity contribution >= 4 is 40.0 Å². The third-order valence-corrected chi connectivity index (χ3v) is 4.87. The van der Waals surface area contributed by atoms with E-state index in [9.17, 15) is 9.59 Å². The molecule has 22 heavy (non-hydrogen) atoms. The highest BCUT2D eigenvalue weighted by Crippen LogP contribution is 2.43. The molecule has 0 saturated carbocycles. The molecule has 0 N–H and O–H groups in total. The maximum absolute atomic E-state index is 12.7. The SMILES string of the molecule is CCN=C1SC(=C2C(=O)N(C)c3ccccc32)C(=O)N1CC. The first-order chi connectivity index (χ1) is 10.6. The summed E-state index contributed by atoms with van der Waals surface area (Å²) in [5.74, 6) is -0.265. The van der Waals surface area contributed by atoms with Crippen LogP contribution in [0.1, 0.15) is 19.4 Å². The van der Waals surface area contributed by atoms with Crippen LogP contribution in [-0.4, -0.2) is 42.0 Å². The lowest BCUT2D eigenvalue weighted by molar-refractivity contribution is -0.122. The molecule has 1 aromatic carbocycles. The van der Waals surface area contributed by atoms with Crippen molar-refractivity contribution in [2.24, 2.45) is 4.99 Å². The van der Waals surface area contributed by atoms with Crippen LogP contribution in [0.5, 0.6) is 0 Å². The normalized spacial score (nSPS) is 23.0. The third kappa shape index (κ3) is 2.06. The molecule has 5 nitrogen and oxygen atoms in total. The Labute approximate surface area is 133 Å². The molecule has 2 heterocycles. The maximum Gasteiger partial charge on any atom is 0.267 e. The molecule has 0 aromatic heterocycles.